The van der Waals surface area contributed by atoms with E-state index in [1.54, 1.807) is 0 Å². The molecule has 4 nitrogen and oxygen atoms in total. The molecule has 3 atom stereocenters. The number of nitrogens with zero attached hydrogens (tertiary/aromatic N) is 1. The van der Waals surface area contributed by atoms with E-state index in [0.717, 1.165) is 32.2 Å². The van der Waals surface area contributed by atoms with Crippen molar-refractivity contribution < 1.29 is 9.59 Å². The number of hydrogen-bond acceptors (Lipinski definition) is 3. The van der Waals surface area contributed by atoms with Crippen molar-refractivity contribution >= 4 is 11.8 Å². The van der Waals surface area contributed by atoms with Crippen LogP contribution in [0.25, 0.3) is 0 Å². The Kier molecular flexibility index (Phi) is 3.82. The molecule has 1 aliphatic heterocycles. The summed E-state index contributed by atoms with van der Waals surface area (Å²) in [7, 11) is 0. The number of amides is 2. The molecule has 0 aromatic rings. The second-order valence-electron chi connectivity index (χ2n) is 5.09. The SMILES string of the molecule is CCNC(CC)CN1C(=O)C2CCCC2C1=O. The second-order valence-corrected chi connectivity index (χ2v) is 5.09. The molecule has 0 radical (unpaired) electrons. The Morgan fingerprint density at radius 3 is 2.29 bits per heavy atom. The zero-order valence-corrected chi connectivity index (χ0v) is 10.7. The van der Waals surface area contributed by atoms with Crippen LogP contribution in [0.15, 0.2) is 0 Å². The first-order chi connectivity index (χ1) is 8.19. The van der Waals surface area contributed by atoms with Crippen LogP contribution in [0.2, 0.25) is 0 Å². The van der Waals surface area contributed by atoms with Gasteiger partial charge in [0.2, 0.25) is 11.8 Å². The van der Waals surface area contributed by atoms with Crippen LogP contribution in [-0.2, 0) is 9.59 Å². The van der Waals surface area contributed by atoms with Gasteiger partial charge in [0.15, 0.2) is 0 Å². The first-order valence-electron chi connectivity index (χ1n) is 6.77. The maximum atomic E-state index is 12.1. The summed E-state index contributed by atoms with van der Waals surface area (Å²) in [5, 5.41) is 3.32. The van der Waals surface area contributed by atoms with Crippen molar-refractivity contribution in [3.8, 4) is 0 Å². The van der Waals surface area contributed by atoms with E-state index in [1.165, 1.54) is 4.90 Å². The molecule has 4 heteroatoms. The van der Waals surface area contributed by atoms with Crippen LogP contribution in [0, 0.1) is 11.8 Å². The molecule has 0 bridgehead atoms. The smallest absolute Gasteiger partial charge is 0.233 e. The summed E-state index contributed by atoms with van der Waals surface area (Å²) < 4.78 is 0. The van der Waals surface area contributed by atoms with Gasteiger partial charge in [0.25, 0.3) is 0 Å². The summed E-state index contributed by atoms with van der Waals surface area (Å²) in [6.45, 7) is 5.56. The Balaban J connectivity index is 2.01. The summed E-state index contributed by atoms with van der Waals surface area (Å²) in [6.07, 6.45) is 3.79. The molecule has 1 N–H and O–H groups in total. The summed E-state index contributed by atoms with van der Waals surface area (Å²) in [5.41, 5.74) is 0. The zero-order valence-electron chi connectivity index (χ0n) is 10.7. The van der Waals surface area contributed by atoms with Crippen LogP contribution in [0.5, 0.6) is 0 Å². The summed E-state index contributed by atoms with van der Waals surface area (Å²) in [4.78, 5) is 25.8. The standard InChI is InChI=1S/C13H22N2O2/c1-3-9(14-4-2)8-15-12(16)10-6-5-7-11(10)13(15)17/h9-11,14H,3-8H2,1-2H3. The Morgan fingerprint density at radius 1 is 1.24 bits per heavy atom. The zero-order chi connectivity index (χ0) is 12.4. The predicted octanol–water partition coefficient (Wildman–Crippen LogP) is 1.16. The fraction of sp³-hybridized carbons (Fsp3) is 0.846. The molecule has 2 amide bonds. The quantitative estimate of drug-likeness (QED) is 0.731. The normalized spacial score (nSPS) is 29.9. The van der Waals surface area contributed by atoms with E-state index in [4.69, 9.17) is 0 Å². The molecule has 2 rings (SSSR count). The van der Waals surface area contributed by atoms with Gasteiger partial charge >= 0.3 is 0 Å². The molecule has 1 aliphatic carbocycles. The highest BCUT2D eigenvalue weighted by molar-refractivity contribution is 6.05. The highest BCUT2D eigenvalue weighted by Crippen LogP contribution is 2.39. The number of imide groups is 1. The third-order valence-electron chi connectivity index (χ3n) is 4.07. The van der Waals surface area contributed by atoms with Crippen LogP contribution in [0.1, 0.15) is 39.5 Å². The van der Waals surface area contributed by atoms with Crippen LogP contribution in [0.3, 0.4) is 0 Å². The number of carbonyl (C=O) groups excluding carboxylic acids is 2. The van der Waals surface area contributed by atoms with Gasteiger partial charge in [-0.2, -0.15) is 0 Å². The first-order valence-corrected chi connectivity index (χ1v) is 6.77. The van der Waals surface area contributed by atoms with Crippen molar-refractivity contribution in [3.63, 3.8) is 0 Å². The number of rotatable bonds is 5. The fourth-order valence-corrected chi connectivity index (χ4v) is 3.09. The number of fused-ring (bicyclic) bond motifs is 1. The lowest BCUT2D eigenvalue weighted by Gasteiger charge is -2.23. The molecule has 0 aromatic carbocycles. The largest absolute Gasteiger partial charge is 0.312 e. The van der Waals surface area contributed by atoms with Crippen LogP contribution < -0.4 is 5.32 Å². The topological polar surface area (TPSA) is 49.4 Å². The van der Waals surface area contributed by atoms with Crippen molar-refractivity contribution in [2.45, 2.75) is 45.6 Å². The van der Waals surface area contributed by atoms with E-state index in [2.05, 4.69) is 12.2 Å². The van der Waals surface area contributed by atoms with E-state index in [9.17, 15) is 9.59 Å². The molecule has 3 unspecified atom stereocenters. The van der Waals surface area contributed by atoms with Crippen molar-refractivity contribution in [1.29, 1.82) is 0 Å². The van der Waals surface area contributed by atoms with E-state index in [0.29, 0.717) is 6.54 Å². The third kappa shape index (κ3) is 2.23. The van der Waals surface area contributed by atoms with Gasteiger partial charge in [-0.25, -0.2) is 0 Å². The molecule has 0 spiro atoms. The highest BCUT2D eigenvalue weighted by Gasteiger charge is 2.49. The van der Waals surface area contributed by atoms with Crippen molar-refractivity contribution in [1.82, 2.24) is 10.2 Å². The van der Waals surface area contributed by atoms with Gasteiger partial charge in [0.05, 0.1) is 11.8 Å². The lowest BCUT2D eigenvalue weighted by molar-refractivity contribution is -0.140. The molecule has 17 heavy (non-hydrogen) atoms. The number of carbonyl (C=O) groups is 2. The summed E-state index contributed by atoms with van der Waals surface area (Å²) >= 11 is 0. The highest BCUT2D eigenvalue weighted by atomic mass is 16.2. The number of likely N-dealkylation sites (tertiary alicyclic amines) is 1. The monoisotopic (exact) mass is 238 g/mol. The van der Waals surface area contributed by atoms with E-state index >= 15 is 0 Å². The van der Waals surface area contributed by atoms with E-state index < -0.39 is 0 Å². The average Bonchev–Trinajstić information content (AvgIpc) is 2.88. The van der Waals surface area contributed by atoms with Gasteiger partial charge in [0, 0.05) is 12.6 Å². The predicted molar refractivity (Wildman–Crippen MR) is 65.3 cm³/mol. The van der Waals surface area contributed by atoms with Crippen LogP contribution in [0.4, 0.5) is 0 Å². The van der Waals surface area contributed by atoms with Crippen molar-refractivity contribution in [2.24, 2.45) is 11.8 Å². The summed E-state index contributed by atoms with van der Waals surface area (Å²) in [5.74, 6) is 0.158. The van der Waals surface area contributed by atoms with Gasteiger partial charge < -0.3 is 5.32 Å². The molecule has 1 saturated heterocycles. The number of hydrogen-bond donors (Lipinski definition) is 1. The minimum atomic E-state index is 0.00151. The van der Waals surface area contributed by atoms with Gasteiger partial charge in [-0.15, -0.1) is 0 Å². The maximum absolute atomic E-state index is 12.1. The third-order valence-corrected chi connectivity index (χ3v) is 4.07. The Labute approximate surface area is 103 Å². The van der Waals surface area contributed by atoms with E-state index in [-0.39, 0.29) is 29.7 Å². The van der Waals surface area contributed by atoms with Crippen LogP contribution >= 0.6 is 0 Å². The maximum Gasteiger partial charge on any atom is 0.233 e. The van der Waals surface area contributed by atoms with Gasteiger partial charge in [-0.05, 0) is 25.8 Å². The minimum Gasteiger partial charge on any atom is -0.312 e. The number of nitrogens with one attached hydrogen (secondary N) is 1. The Bertz CT molecular complexity index is 295. The van der Waals surface area contributed by atoms with Crippen LogP contribution in [-0.4, -0.2) is 35.8 Å². The first kappa shape index (κ1) is 12.6. The van der Waals surface area contributed by atoms with Gasteiger partial charge in [-0.3, -0.25) is 14.5 Å². The van der Waals surface area contributed by atoms with Crippen molar-refractivity contribution in [2.75, 3.05) is 13.1 Å². The minimum absolute atomic E-state index is 0.00151. The molecular weight excluding hydrogens is 216 g/mol. The molecule has 1 heterocycles. The summed E-state index contributed by atoms with van der Waals surface area (Å²) in [6, 6.07) is 0.242. The van der Waals surface area contributed by atoms with Gasteiger partial charge in [-0.1, -0.05) is 20.3 Å². The van der Waals surface area contributed by atoms with Gasteiger partial charge in [0.1, 0.15) is 0 Å². The molecule has 2 aliphatic rings. The Morgan fingerprint density at radius 2 is 1.82 bits per heavy atom. The number of likely N-dealkylation sites (N-methyl/N-ethyl adjacent to an activating group) is 1. The Hall–Kier alpha value is -0.900. The van der Waals surface area contributed by atoms with Crippen molar-refractivity contribution in [3.05, 3.63) is 0 Å². The lowest BCUT2D eigenvalue weighted by Crippen LogP contribution is -2.44. The molecule has 96 valence electrons. The lowest BCUT2D eigenvalue weighted by atomic mass is 10.00. The van der Waals surface area contributed by atoms with E-state index in [1.807, 2.05) is 6.92 Å². The molecule has 1 saturated carbocycles. The molecular formula is C13H22N2O2. The average molecular weight is 238 g/mol. The second kappa shape index (κ2) is 5.17. The molecule has 2 fully saturated rings. The fourth-order valence-electron chi connectivity index (χ4n) is 3.09. The molecule has 0 aromatic heterocycles.